The number of fused-ring (bicyclic) bond motifs is 1. The van der Waals surface area contributed by atoms with Gasteiger partial charge in [-0.25, -0.2) is 4.98 Å². The Kier molecular flexibility index (Phi) is 6.69. The van der Waals surface area contributed by atoms with Gasteiger partial charge in [-0.05, 0) is 90.2 Å². The maximum Gasteiger partial charge on any atom is 0.119 e. The number of hydrogen-bond acceptors (Lipinski definition) is 4. The number of nitrogens with zero attached hydrogens (tertiary/aromatic N) is 2. The van der Waals surface area contributed by atoms with Crippen molar-refractivity contribution < 1.29 is 9.47 Å². The van der Waals surface area contributed by atoms with E-state index in [0.717, 1.165) is 57.0 Å². The summed E-state index contributed by atoms with van der Waals surface area (Å²) in [6.07, 6.45) is 1.49. The lowest BCUT2D eigenvalue weighted by Crippen LogP contribution is -2.06. The summed E-state index contributed by atoms with van der Waals surface area (Å²) in [5.74, 6) is 1.56. The van der Waals surface area contributed by atoms with Crippen molar-refractivity contribution in [2.24, 2.45) is 0 Å². The lowest BCUT2D eigenvalue weighted by atomic mass is 9.85. The third kappa shape index (κ3) is 4.44. The zero-order valence-electron chi connectivity index (χ0n) is 19.8. The normalized spacial score (nSPS) is 12.6. The molecule has 5 rings (SSSR count). The number of allylic oxidation sites excluding steroid dienone is 1. The molecule has 1 aliphatic rings. The van der Waals surface area contributed by atoms with E-state index in [1.54, 1.807) is 26.4 Å². The van der Waals surface area contributed by atoms with Crippen LogP contribution in [0.15, 0.2) is 72.8 Å². The van der Waals surface area contributed by atoms with E-state index in [9.17, 15) is 5.26 Å². The summed E-state index contributed by atoms with van der Waals surface area (Å²) in [5.41, 5.74) is 7.35. The molecule has 4 nitrogen and oxygen atoms in total. The van der Waals surface area contributed by atoms with Crippen LogP contribution in [0.25, 0.3) is 33.1 Å². The molecule has 0 fully saturated rings. The minimum atomic E-state index is 0.486. The Bertz CT molecular complexity index is 1520. The van der Waals surface area contributed by atoms with Crippen molar-refractivity contribution >= 4 is 33.8 Å². The zero-order chi connectivity index (χ0) is 25.2. The summed E-state index contributed by atoms with van der Waals surface area (Å²) in [6.45, 7) is 0. The number of benzene rings is 3. The number of pyridine rings is 1. The summed E-state index contributed by atoms with van der Waals surface area (Å²) < 4.78 is 10.7. The van der Waals surface area contributed by atoms with Gasteiger partial charge in [0.05, 0.1) is 36.2 Å². The van der Waals surface area contributed by atoms with Crippen LogP contribution in [0.3, 0.4) is 0 Å². The van der Waals surface area contributed by atoms with E-state index in [2.05, 4.69) is 6.07 Å². The topological polar surface area (TPSA) is 55.1 Å². The van der Waals surface area contributed by atoms with Crippen molar-refractivity contribution in [1.29, 1.82) is 5.26 Å². The van der Waals surface area contributed by atoms with Gasteiger partial charge in [0.15, 0.2) is 0 Å². The van der Waals surface area contributed by atoms with Crippen molar-refractivity contribution in [2.45, 2.75) is 12.8 Å². The van der Waals surface area contributed by atoms with Crippen LogP contribution >= 0.6 is 23.2 Å². The fourth-order valence-corrected chi connectivity index (χ4v) is 5.03. The lowest BCUT2D eigenvalue weighted by molar-refractivity contribution is 0.414. The molecule has 0 aliphatic heterocycles. The van der Waals surface area contributed by atoms with Gasteiger partial charge >= 0.3 is 0 Å². The number of halogens is 2. The molecule has 3 aromatic carbocycles. The molecule has 0 spiro atoms. The van der Waals surface area contributed by atoms with Gasteiger partial charge in [-0.3, -0.25) is 0 Å². The van der Waals surface area contributed by atoms with Gasteiger partial charge < -0.3 is 9.47 Å². The van der Waals surface area contributed by atoms with Gasteiger partial charge in [-0.2, -0.15) is 5.26 Å². The third-order valence-corrected chi connectivity index (χ3v) is 7.10. The second-order valence-electron chi connectivity index (χ2n) is 8.44. The van der Waals surface area contributed by atoms with E-state index >= 15 is 0 Å². The van der Waals surface area contributed by atoms with Crippen LogP contribution < -0.4 is 9.47 Å². The predicted octanol–water partition coefficient (Wildman–Crippen LogP) is 8.01. The molecule has 0 atom stereocenters. The molecule has 0 amide bonds. The Morgan fingerprint density at radius 1 is 0.778 bits per heavy atom. The molecule has 1 heterocycles. The van der Waals surface area contributed by atoms with Crippen LogP contribution in [0.4, 0.5) is 0 Å². The minimum absolute atomic E-state index is 0.486. The largest absolute Gasteiger partial charge is 0.497 e. The molecule has 36 heavy (non-hydrogen) atoms. The van der Waals surface area contributed by atoms with E-state index < -0.39 is 0 Å². The Morgan fingerprint density at radius 2 is 1.44 bits per heavy atom. The predicted molar refractivity (Wildman–Crippen MR) is 145 cm³/mol. The number of methoxy groups -OCH3 is 2. The van der Waals surface area contributed by atoms with Crippen LogP contribution in [-0.4, -0.2) is 19.2 Å². The first kappa shape index (κ1) is 23.9. The summed E-state index contributed by atoms with van der Waals surface area (Å²) in [5, 5.41) is 11.6. The van der Waals surface area contributed by atoms with Gasteiger partial charge in [0.1, 0.15) is 17.6 Å². The van der Waals surface area contributed by atoms with E-state index in [0.29, 0.717) is 27.7 Å². The fourth-order valence-electron chi connectivity index (χ4n) is 4.53. The summed E-state index contributed by atoms with van der Waals surface area (Å²) in [7, 11) is 3.29. The Morgan fingerprint density at radius 3 is 2.11 bits per heavy atom. The van der Waals surface area contributed by atoms with Crippen molar-refractivity contribution in [1.82, 2.24) is 4.98 Å². The number of aryl methyl sites for hydroxylation is 1. The molecular formula is C30H22Cl2N2O2. The van der Waals surface area contributed by atoms with Crippen LogP contribution in [0, 0.1) is 11.3 Å². The van der Waals surface area contributed by atoms with E-state index in [-0.39, 0.29) is 0 Å². The number of aromatic nitrogens is 1. The number of nitriles is 1. The molecule has 0 unspecified atom stereocenters. The molecule has 0 N–H and O–H groups in total. The monoisotopic (exact) mass is 512 g/mol. The second-order valence-corrected chi connectivity index (χ2v) is 9.26. The molecule has 178 valence electrons. The molecule has 0 saturated heterocycles. The summed E-state index contributed by atoms with van der Waals surface area (Å²) in [4.78, 5) is 4.93. The molecule has 1 aromatic heterocycles. The van der Waals surface area contributed by atoms with Gasteiger partial charge in [0.2, 0.25) is 0 Å². The molecule has 6 heteroatoms. The van der Waals surface area contributed by atoms with Crippen LogP contribution in [0.5, 0.6) is 11.5 Å². The zero-order valence-corrected chi connectivity index (χ0v) is 21.3. The highest BCUT2D eigenvalue weighted by atomic mass is 35.5. The lowest BCUT2D eigenvalue weighted by Gasteiger charge is -2.23. The number of ether oxygens (including phenoxy) is 2. The maximum absolute atomic E-state index is 10.3. The van der Waals surface area contributed by atoms with Crippen LogP contribution in [0.1, 0.15) is 28.7 Å². The van der Waals surface area contributed by atoms with Gasteiger partial charge in [0, 0.05) is 21.7 Å². The summed E-state index contributed by atoms with van der Waals surface area (Å²) in [6, 6.07) is 25.4. The molecule has 0 saturated carbocycles. The van der Waals surface area contributed by atoms with Crippen LogP contribution in [-0.2, 0) is 6.42 Å². The number of hydrogen-bond donors (Lipinski definition) is 0. The first-order chi connectivity index (χ1) is 17.5. The Hall–Kier alpha value is -3.78. The standard InChI is InChI=1S/C30H22Cl2N2O2/c1-35-22-10-5-18(6-11-22)28-16-26(27(17-33)30(34-28)19-3-8-21(31)9-4-19)25-13-7-20-15-23(36-2)12-14-24(20)29(25)32/h3-6,8-12,14-16H,7,13H2,1-2H3. The van der Waals surface area contributed by atoms with Gasteiger partial charge in [0.25, 0.3) is 0 Å². The van der Waals surface area contributed by atoms with Gasteiger partial charge in [-0.1, -0.05) is 35.3 Å². The first-order valence-electron chi connectivity index (χ1n) is 11.4. The van der Waals surface area contributed by atoms with E-state index in [1.165, 1.54) is 0 Å². The highest BCUT2D eigenvalue weighted by Crippen LogP contribution is 2.43. The Balaban J connectivity index is 1.75. The van der Waals surface area contributed by atoms with Gasteiger partial charge in [-0.15, -0.1) is 0 Å². The molecule has 4 aromatic rings. The van der Waals surface area contributed by atoms with E-state index in [1.807, 2.05) is 60.7 Å². The smallest absolute Gasteiger partial charge is 0.119 e. The summed E-state index contributed by atoms with van der Waals surface area (Å²) >= 11 is 13.1. The quantitative estimate of drug-likeness (QED) is 0.271. The average Bonchev–Trinajstić information content (AvgIpc) is 2.93. The third-order valence-electron chi connectivity index (χ3n) is 6.42. The second kappa shape index (κ2) is 10.1. The van der Waals surface area contributed by atoms with Crippen molar-refractivity contribution in [3.8, 4) is 40.1 Å². The maximum atomic E-state index is 10.3. The van der Waals surface area contributed by atoms with E-state index in [4.69, 9.17) is 37.7 Å². The van der Waals surface area contributed by atoms with Crippen molar-refractivity contribution in [3.63, 3.8) is 0 Å². The SMILES string of the molecule is COc1ccc(-c2cc(C3=C(Cl)c4ccc(OC)cc4CC3)c(C#N)c(-c3ccc(Cl)cc3)n2)cc1. The highest BCUT2D eigenvalue weighted by Gasteiger charge is 2.24. The van der Waals surface area contributed by atoms with Crippen LogP contribution in [0.2, 0.25) is 5.02 Å². The molecule has 0 bridgehead atoms. The first-order valence-corrected chi connectivity index (χ1v) is 12.2. The van der Waals surface area contributed by atoms with Crippen molar-refractivity contribution in [3.05, 3.63) is 100 Å². The Labute approximate surface area is 220 Å². The number of rotatable bonds is 5. The minimum Gasteiger partial charge on any atom is -0.497 e. The molecular weight excluding hydrogens is 491 g/mol. The highest BCUT2D eigenvalue weighted by molar-refractivity contribution is 6.53. The fraction of sp³-hybridized carbons (Fsp3) is 0.133. The average molecular weight is 513 g/mol. The molecule has 0 radical (unpaired) electrons. The molecule has 1 aliphatic carbocycles. The van der Waals surface area contributed by atoms with Crippen molar-refractivity contribution in [2.75, 3.05) is 14.2 Å².